The Morgan fingerprint density at radius 2 is 0.889 bits per heavy atom. The highest BCUT2D eigenvalue weighted by atomic mass is 32.1. The van der Waals surface area contributed by atoms with E-state index in [1.165, 1.54) is 10.8 Å². The zero-order valence-electron chi connectivity index (χ0n) is 29.0. The Kier molecular flexibility index (Phi) is 7.81. The fourth-order valence-electron chi connectivity index (χ4n) is 7.61. The third-order valence-electron chi connectivity index (χ3n) is 10.2. The number of para-hydroxylation sites is 2. The standard InChI is InChI=1S/C48H31FN4S/c49-42-31-45(52(37-25-19-34(20-26-37)32-11-3-1-4-12-32)38-27-21-35(22-28-38)33-13-5-2-6-14-33)47-48(51-54-50-47)46(42)36-23-29-39(30-24-36)53-43-17-9-7-15-40(43)41-16-8-10-18-44(41)53/h1-31H. The van der Waals surface area contributed by atoms with E-state index in [9.17, 15) is 0 Å². The normalized spacial score (nSPS) is 11.4. The Morgan fingerprint density at radius 1 is 0.444 bits per heavy atom. The van der Waals surface area contributed by atoms with Crippen LogP contribution in [-0.2, 0) is 0 Å². The third-order valence-corrected chi connectivity index (χ3v) is 10.7. The number of fused-ring (bicyclic) bond motifs is 4. The van der Waals surface area contributed by atoms with Crippen molar-refractivity contribution in [2.45, 2.75) is 0 Å². The quantitative estimate of drug-likeness (QED) is 0.165. The summed E-state index contributed by atoms with van der Waals surface area (Å²) in [7, 11) is 0. The largest absolute Gasteiger partial charge is 0.309 e. The molecular formula is C48H31FN4S. The molecule has 0 aliphatic carbocycles. The number of benzene rings is 8. The fraction of sp³-hybridized carbons (Fsp3) is 0. The smallest absolute Gasteiger partial charge is 0.135 e. The molecule has 6 heteroatoms. The molecule has 0 fully saturated rings. The lowest BCUT2D eigenvalue weighted by atomic mass is 10.0. The summed E-state index contributed by atoms with van der Waals surface area (Å²) in [5.74, 6) is -0.360. The lowest BCUT2D eigenvalue weighted by Crippen LogP contribution is -2.11. The zero-order chi connectivity index (χ0) is 36.0. The van der Waals surface area contributed by atoms with Crippen molar-refractivity contribution < 1.29 is 4.39 Å². The van der Waals surface area contributed by atoms with E-state index in [1.54, 1.807) is 6.07 Å². The molecule has 0 atom stereocenters. The van der Waals surface area contributed by atoms with Crippen LogP contribution in [0, 0.1) is 5.82 Å². The van der Waals surface area contributed by atoms with Gasteiger partial charge in [-0.2, -0.15) is 8.75 Å². The van der Waals surface area contributed by atoms with Gasteiger partial charge in [-0.3, -0.25) is 0 Å². The van der Waals surface area contributed by atoms with E-state index in [1.807, 2.05) is 48.5 Å². The van der Waals surface area contributed by atoms with Crippen molar-refractivity contribution in [1.82, 2.24) is 13.3 Å². The second-order valence-corrected chi connectivity index (χ2v) is 13.8. The van der Waals surface area contributed by atoms with Crippen LogP contribution in [0.4, 0.5) is 21.5 Å². The van der Waals surface area contributed by atoms with E-state index in [4.69, 9.17) is 8.75 Å². The van der Waals surface area contributed by atoms with Crippen molar-refractivity contribution >= 4 is 61.6 Å². The summed E-state index contributed by atoms with van der Waals surface area (Å²) in [6.07, 6.45) is 0. The number of anilines is 3. The minimum Gasteiger partial charge on any atom is -0.309 e. The number of hydrogen-bond donors (Lipinski definition) is 0. The summed E-state index contributed by atoms with van der Waals surface area (Å²) >= 11 is 1.10. The highest BCUT2D eigenvalue weighted by Crippen LogP contribution is 2.44. The summed E-state index contributed by atoms with van der Waals surface area (Å²) in [5.41, 5.74) is 12.5. The van der Waals surface area contributed by atoms with E-state index in [2.05, 4.69) is 143 Å². The fourth-order valence-corrected chi connectivity index (χ4v) is 8.17. The Bertz CT molecular complexity index is 2780. The maximum Gasteiger partial charge on any atom is 0.135 e. The highest BCUT2D eigenvalue weighted by molar-refractivity contribution is 7.00. The molecule has 0 N–H and O–H groups in total. The Hall–Kier alpha value is -6.89. The third kappa shape index (κ3) is 5.43. The van der Waals surface area contributed by atoms with E-state index in [0.29, 0.717) is 22.3 Å². The first-order chi connectivity index (χ1) is 26.7. The van der Waals surface area contributed by atoms with Gasteiger partial charge in [-0.1, -0.05) is 133 Å². The molecule has 0 radical (unpaired) electrons. The molecule has 8 aromatic carbocycles. The molecule has 0 saturated heterocycles. The van der Waals surface area contributed by atoms with E-state index < -0.39 is 0 Å². The van der Waals surface area contributed by atoms with Crippen molar-refractivity contribution in [3.63, 3.8) is 0 Å². The van der Waals surface area contributed by atoms with Gasteiger partial charge in [-0.15, -0.1) is 0 Å². The van der Waals surface area contributed by atoms with Crippen LogP contribution in [0.25, 0.3) is 71.9 Å². The Balaban J connectivity index is 1.08. The summed E-state index contributed by atoms with van der Waals surface area (Å²) in [6, 6.07) is 63.9. The minimum atomic E-state index is -0.360. The van der Waals surface area contributed by atoms with Gasteiger partial charge in [0.15, 0.2) is 0 Å². The lowest BCUT2D eigenvalue weighted by molar-refractivity contribution is 0.633. The van der Waals surface area contributed by atoms with E-state index >= 15 is 4.39 Å². The maximum absolute atomic E-state index is 16.8. The molecular weight excluding hydrogens is 684 g/mol. The first kappa shape index (κ1) is 31.8. The predicted molar refractivity (Wildman–Crippen MR) is 223 cm³/mol. The van der Waals surface area contributed by atoms with E-state index in [-0.39, 0.29) is 5.82 Å². The second-order valence-electron chi connectivity index (χ2n) is 13.3. The molecule has 10 aromatic rings. The molecule has 0 amide bonds. The van der Waals surface area contributed by atoms with Gasteiger partial charge in [-0.05, 0) is 76.3 Å². The number of aromatic nitrogens is 3. The molecule has 0 aliphatic heterocycles. The molecule has 2 heterocycles. The van der Waals surface area contributed by atoms with Crippen molar-refractivity contribution in [2.75, 3.05) is 4.90 Å². The molecule has 0 bridgehead atoms. The van der Waals surface area contributed by atoms with Crippen LogP contribution in [0.2, 0.25) is 0 Å². The van der Waals surface area contributed by atoms with Crippen molar-refractivity contribution in [3.05, 3.63) is 194 Å². The Morgan fingerprint density at radius 3 is 1.43 bits per heavy atom. The zero-order valence-corrected chi connectivity index (χ0v) is 29.8. The van der Waals surface area contributed by atoms with Crippen LogP contribution in [0.3, 0.4) is 0 Å². The average molecular weight is 715 g/mol. The van der Waals surface area contributed by atoms with Gasteiger partial charge in [0.2, 0.25) is 0 Å². The molecule has 10 rings (SSSR count). The van der Waals surface area contributed by atoms with Crippen molar-refractivity contribution in [1.29, 1.82) is 0 Å². The molecule has 0 saturated carbocycles. The van der Waals surface area contributed by atoms with Crippen molar-refractivity contribution in [3.8, 4) is 39.1 Å². The van der Waals surface area contributed by atoms with Gasteiger partial charge in [0.05, 0.1) is 28.4 Å². The molecule has 0 aliphatic rings. The number of nitrogens with zero attached hydrogens (tertiary/aromatic N) is 4. The highest BCUT2D eigenvalue weighted by Gasteiger charge is 2.24. The molecule has 54 heavy (non-hydrogen) atoms. The monoisotopic (exact) mass is 714 g/mol. The average Bonchev–Trinajstić information content (AvgIpc) is 3.86. The van der Waals surface area contributed by atoms with Crippen LogP contribution in [0.15, 0.2) is 188 Å². The van der Waals surface area contributed by atoms with Gasteiger partial charge >= 0.3 is 0 Å². The van der Waals surface area contributed by atoms with Crippen LogP contribution < -0.4 is 4.90 Å². The Labute approximate surface area is 316 Å². The first-order valence-electron chi connectivity index (χ1n) is 17.9. The summed E-state index contributed by atoms with van der Waals surface area (Å²) in [4.78, 5) is 2.07. The SMILES string of the molecule is Fc1cc(N(c2ccc(-c3ccccc3)cc2)c2ccc(-c3ccccc3)cc2)c2nsnc2c1-c1ccc(-n2c3ccccc3c3ccccc32)cc1. The van der Waals surface area contributed by atoms with Crippen LogP contribution >= 0.6 is 11.7 Å². The van der Waals surface area contributed by atoms with Crippen LogP contribution in [0.1, 0.15) is 0 Å². The lowest BCUT2D eigenvalue weighted by Gasteiger charge is -2.26. The summed E-state index contributed by atoms with van der Waals surface area (Å²) in [5, 5.41) is 2.39. The topological polar surface area (TPSA) is 34.0 Å². The van der Waals surface area contributed by atoms with Gasteiger partial charge in [-0.25, -0.2) is 4.39 Å². The molecule has 256 valence electrons. The molecule has 2 aromatic heterocycles. The van der Waals surface area contributed by atoms with E-state index in [0.717, 1.165) is 67.6 Å². The number of rotatable bonds is 7. The van der Waals surface area contributed by atoms with Gasteiger partial charge in [0.25, 0.3) is 0 Å². The molecule has 4 nitrogen and oxygen atoms in total. The summed E-state index contributed by atoms with van der Waals surface area (Å²) < 4.78 is 28.6. The first-order valence-corrected chi connectivity index (χ1v) is 18.6. The molecule has 0 spiro atoms. The molecule has 0 unspecified atom stereocenters. The predicted octanol–water partition coefficient (Wildman–Crippen LogP) is 13.4. The van der Waals surface area contributed by atoms with Gasteiger partial charge in [0.1, 0.15) is 16.9 Å². The number of hydrogen-bond acceptors (Lipinski definition) is 4. The minimum absolute atomic E-state index is 0.360. The van der Waals surface area contributed by atoms with Gasteiger partial charge < -0.3 is 9.47 Å². The number of halogens is 1. The maximum atomic E-state index is 16.8. The van der Waals surface area contributed by atoms with Crippen LogP contribution in [0.5, 0.6) is 0 Å². The van der Waals surface area contributed by atoms with Crippen LogP contribution in [-0.4, -0.2) is 13.3 Å². The van der Waals surface area contributed by atoms with Gasteiger partial charge in [0, 0.05) is 39.5 Å². The second kappa shape index (κ2) is 13.3. The summed E-state index contributed by atoms with van der Waals surface area (Å²) in [6.45, 7) is 0. The van der Waals surface area contributed by atoms with Crippen molar-refractivity contribution in [2.24, 2.45) is 0 Å².